The summed E-state index contributed by atoms with van der Waals surface area (Å²) >= 11 is 0. The Morgan fingerprint density at radius 1 is 0.895 bits per heavy atom. The minimum atomic E-state index is 0.463. The van der Waals surface area contributed by atoms with Gasteiger partial charge in [0, 0.05) is 0 Å². The topological polar surface area (TPSA) is 0 Å². The van der Waals surface area contributed by atoms with Crippen molar-refractivity contribution in [1.29, 1.82) is 0 Å². The van der Waals surface area contributed by atoms with Crippen LogP contribution in [0.15, 0.2) is 48.5 Å². The van der Waals surface area contributed by atoms with E-state index in [-0.39, 0.29) is 0 Å². The highest BCUT2D eigenvalue weighted by Gasteiger charge is 2.50. The molecule has 2 atom stereocenters. The van der Waals surface area contributed by atoms with E-state index in [2.05, 4.69) is 69.3 Å². The molecule has 0 saturated heterocycles. The molecule has 0 aliphatic heterocycles. The number of benzene rings is 2. The van der Waals surface area contributed by atoms with Crippen molar-refractivity contribution in [3.63, 3.8) is 0 Å². The van der Waals surface area contributed by atoms with Gasteiger partial charge in [-0.05, 0) is 49.1 Å². The van der Waals surface area contributed by atoms with Crippen LogP contribution in [0.25, 0.3) is 0 Å². The molecule has 2 aromatic rings. The second-order valence-corrected chi connectivity index (χ2v) is 6.48. The summed E-state index contributed by atoms with van der Waals surface area (Å²) in [6.45, 7) is 6.73. The Hall–Kier alpha value is -1.56. The summed E-state index contributed by atoms with van der Waals surface area (Å²) in [5, 5.41) is 0. The SMILES string of the molecule is Cc1ccc(CC2(C)CC2c2ccc(C)cc2)cc1. The molecule has 0 nitrogen and oxygen atoms in total. The zero-order valence-corrected chi connectivity index (χ0v) is 12.1. The van der Waals surface area contributed by atoms with E-state index in [1.807, 2.05) is 0 Å². The van der Waals surface area contributed by atoms with Crippen molar-refractivity contribution in [2.24, 2.45) is 5.41 Å². The lowest BCUT2D eigenvalue weighted by Crippen LogP contribution is -2.02. The highest BCUT2D eigenvalue weighted by Crippen LogP contribution is 2.60. The molecule has 3 rings (SSSR count). The fourth-order valence-corrected chi connectivity index (χ4v) is 3.09. The average Bonchev–Trinajstić information content (AvgIpc) is 3.05. The molecule has 19 heavy (non-hydrogen) atoms. The van der Waals surface area contributed by atoms with Gasteiger partial charge in [0.25, 0.3) is 0 Å². The molecule has 1 aliphatic carbocycles. The van der Waals surface area contributed by atoms with E-state index in [1.54, 1.807) is 0 Å². The van der Waals surface area contributed by atoms with Gasteiger partial charge < -0.3 is 0 Å². The minimum absolute atomic E-state index is 0.463. The molecule has 0 spiro atoms. The number of hydrogen-bond acceptors (Lipinski definition) is 0. The zero-order valence-electron chi connectivity index (χ0n) is 12.1. The Morgan fingerprint density at radius 2 is 1.42 bits per heavy atom. The minimum Gasteiger partial charge on any atom is -0.0591 e. The second kappa shape index (κ2) is 4.52. The third-order valence-electron chi connectivity index (χ3n) is 4.56. The average molecular weight is 250 g/mol. The maximum atomic E-state index is 2.43. The van der Waals surface area contributed by atoms with Crippen LogP contribution in [0.2, 0.25) is 0 Å². The monoisotopic (exact) mass is 250 g/mol. The maximum Gasteiger partial charge on any atom is -0.00991 e. The van der Waals surface area contributed by atoms with Crippen LogP contribution in [0.3, 0.4) is 0 Å². The van der Waals surface area contributed by atoms with Crippen molar-refractivity contribution in [1.82, 2.24) is 0 Å². The van der Waals surface area contributed by atoms with Crippen molar-refractivity contribution in [3.8, 4) is 0 Å². The lowest BCUT2D eigenvalue weighted by atomic mass is 9.93. The lowest BCUT2D eigenvalue weighted by Gasteiger charge is -2.12. The highest BCUT2D eigenvalue weighted by molar-refractivity contribution is 5.34. The molecule has 0 aromatic heterocycles. The third-order valence-corrected chi connectivity index (χ3v) is 4.56. The van der Waals surface area contributed by atoms with E-state index < -0.39 is 0 Å². The first-order valence-corrected chi connectivity index (χ1v) is 7.19. The van der Waals surface area contributed by atoms with Gasteiger partial charge >= 0.3 is 0 Å². The predicted octanol–water partition coefficient (Wildman–Crippen LogP) is 5.04. The first kappa shape index (κ1) is 12.5. The molecule has 0 heteroatoms. The van der Waals surface area contributed by atoms with Crippen LogP contribution in [0.5, 0.6) is 0 Å². The Kier molecular flexibility index (Phi) is 2.97. The van der Waals surface area contributed by atoms with E-state index in [4.69, 9.17) is 0 Å². The van der Waals surface area contributed by atoms with Crippen LogP contribution < -0.4 is 0 Å². The van der Waals surface area contributed by atoms with Gasteiger partial charge in [0.05, 0.1) is 0 Å². The maximum absolute atomic E-state index is 2.43. The van der Waals surface area contributed by atoms with Crippen molar-refractivity contribution in [2.75, 3.05) is 0 Å². The van der Waals surface area contributed by atoms with E-state index in [9.17, 15) is 0 Å². The highest BCUT2D eigenvalue weighted by atomic mass is 14.5. The van der Waals surface area contributed by atoms with Crippen LogP contribution >= 0.6 is 0 Å². The Bertz CT molecular complexity index is 562. The van der Waals surface area contributed by atoms with Gasteiger partial charge in [-0.2, -0.15) is 0 Å². The summed E-state index contributed by atoms with van der Waals surface area (Å²) in [4.78, 5) is 0. The van der Waals surface area contributed by atoms with Crippen LogP contribution in [0.4, 0.5) is 0 Å². The molecule has 2 unspecified atom stereocenters. The first-order valence-electron chi connectivity index (χ1n) is 7.19. The molecule has 0 bridgehead atoms. The molecule has 0 radical (unpaired) electrons. The largest absolute Gasteiger partial charge is 0.0591 e. The fourth-order valence-electron chi connectivity index (χ4n) is 3.09. The molecule has 0 N–H and O–H groups in total. The van der Waals surface area contributed by atoms with Crippen molar-refractivity contribution in [2.45, 2.75) is 39.5 Å². The molecular weight excluding hydrogens is 228 g/mol. The quantitative estimate of drug-likeness (QED) is 0.716. The van der Waals surface area contributed by atoms with Crippen molar-refractivity contribution < 1.29 is 0 Å². The van der Waals surface area contributed by atoms with Crippen LogP contribution in [0, 0.1) is 19.3 Å². The molecule has 98 valence electrons. The molecule has 0 heterocycles. The van der Waals surface area contributed by atoms with Gasteiger partial charge in [0.15, 0.2) is 0 Å². The molecule has 1 saturated carbocycles. The molecule has 0 amide bonds. The standard InChI is InChI=1S/C19H22/c1-14-4-8-16(9-5-14)12-19(3)13-18(19)17-10-6-15(2)7-11-17/h4-11,18H,12-13H2,1-3H3. The Balaban J connectivity index is 1.73. The van der Waals surface area contributed by atoms with E-state index in [0.29, 0.717) is 5.41 Å². The number of hydrogen-bond donors (Lipinski definition) is 0. The molecule has 1 aliphatic rings. The van der Waals surface area contributed by atoms with Gasteiger partial charge in [0.2, 0.25) is 0 Å². The van der Waals surface area contributed by atoms with Crippen LogP contribution in [0.1, 0.15) is 41.5 Å². The van der Waals surface area contributed by atoms with Gasteiger partial charge in [-0.1, -0.05) is 66.6 Å². The summed E-state index contributed by atoms with van der Waals surface area (Å²) in [5.41, 5.74) is 6.15. The summed E-state index contributed by atoms with van der Waals surface area (Å²) in [7, 11) is 0. The van der Waals surface area contributed by atoms with Crippen LogP contribution in [-0.2, 0) is 6.42 Å². The van der Waals surface area contributed by atoms with E-state index in [1.165, 1.54) is 35.1 Å². The van der Waals surface area contributed by atoms with E-state index in [0.717, 1.165) is 5.92 Å². The van der Waals surface area contributed by atoms with E-state index >= 15 is 0 Å². The summed E-state index contributed by atoms with van der Waals surface area (Å²) < 4.78 is 0. The summed E-state index contributed by atoms with van der Waals surface area (Å²) in [6.07, 6.45) is 2.52. The molecular formula is C19H22. The summed E-state index contributed by atoms with van der Waals surface area (Å²) in [6, 6.07) is 18.1. The second-order valence-electron chi connectivity index (χ2n) is 6.48. The number of rotatable bonds is 3. The van der Waals surface area contributed by atoms with Crippen molar-refractivity contribution in [3.05, 3.63) is 70.8 Å². The molecule has 2 aromatic carbocycles. The Labute approximate surface area is 116 Å². The fraction of sp³-hybridized carbons (Fsp3) is 0.368. The lowest BCUT2D eigenvalue weighted by molar-refractivity contribution is 0.546. The number of aryl methyl sites for hydroxylation is 2. The van der Waals surface area contributed by atoms with Gasteiger partial charge in [-0.3, -0.25) is 0 Å². The summed E-state index contributed by atoms with van der Waals surface area (Å²) in [5.74, 6) is 0.745. The van der Waals surface area contributed by atoms with Gasteiger partial charge in [-0.15, -0.1) is 0 Å². The van der Waals surface area contributed by atoms with Gasteiger partial charge in [-0.25, -0.2) is 0 Å². The van der Waals surface area contributed by atoms with Crippen molar-refractivity contribution >= 4 is 0 Å². The van der Waals surface area contributed by atoms with Crippen LogP contribution in [-0.4, -0.2) is 0 Å². The first-order chi connectivity index (χ1) is 9.07. The smallest absolute Gasteiger partial charge is 0.00991 e. The Morgan fingerprint density at radius 3 is 2.00 bits per heavy atom. The normalized spacial score (nSPS) is 25.3. The predicted molar refractivity (Wildman–Crippen MR) is 81.5 cm³/mol. The zero-order chi connectivity index (χ0) is 13.5. The van der Waals surface area contributed by atoms with Gasteiger partial charge in [0.1, 0.15) is 0 Å². The molecule has 1 fully saturated rings. The third kappa shape index (κ3) is 2.58.